The van der Waals surface area contributed by atoms with Gasteiger partial charge in [0.2, 0.25) is 0 Å². The molecule has 2 heteroatoms. The maximum Gasteiger partial charge on any atom is 0.123 e. The van der Waals surface area contributed by atoms with Crippen molar-refractivity contribution in [3.05, 3.63) is 29.6 Å². The van der Waals surface area contributed by atoms with Gasteiger partial charge in [-0.2, -0.15) is 0 Å². The zero-order valence-electron chi connectivity index (χ0n) is 7.60. The molecule has 0 N–H and O–H groups in total. The van der Waals surface area contributed by atoms with Crippen LogP contribution in [0.2, 0.25) is 0 Å². The van der Waals surface area contributed by atoms with E-state index in [0.717, 1.165) is 11.3 Å². The molecule has 1 aromatic carbocycles. The lowest BCUT2D eigenvalue weighted by molar-refractivity contribution is 0.240. The van der Waals surface area contributed by atoms with Crippen LogP contribution in [0.5, 0.6) is 5.75 Å². The topological polar surface area (TPSA) is 9.23 Å². The van der Waals surface area contributed by atoms with Crippen molar-refractivity contribution in [2.75, 3.05) is 0 Å². The van der Waals surface area contributed by atoms with Gasteiger partial charge in [-0.25, -0.2) is 4.39 Å². The summed E-state index contributed by atoms with van der Waals surface area (Å²) in [6.45, 7) is 5.73. The monoisotopic (exact) mass is 168 g/mol. The van der Waals surface area contributed by atoms with E-state index in [1.54, 1.807) is 6.07 Å². The van der Waals surface area contributed by atoms with E-state index in [4.69, 9.17) is 4.74 Å². The van der Waals surface area contributed by atoms with Crippen molar-refractivity contribution in [1.82, 2.24) is 0 Å². The van der Waals surface area contributed by atoms with Gasteiger partial charge in [0.15, 0.2) is 0 Å². The largest absolute Gasteiger partial charge is 0.491 e. The molecule has 0 atom stereocenters. The standard InChI is InChI=1S/C10H13FO/c1-7(2)12-10-5-4-9(11)6-8(10)3/h4-7H,1-3H3. The first kappa shape index (κ1) is 9.04. The lowest BCUT2D eigenvalue weighted by Gasteiger charge is -2.11. The molecule has 0 spiro atoms. The lowest BCUT2D eigenvalue weighted by Crippen LogP contribution is -2.06. The fourth-order valence-corrected chi connectivity index (χ4v) is 0.999. The third kappa shape index (κ3) is 2.22. The molecule has 1 rings (SSSR count). The van der Waals surface area contributed by atoms with Crippen molar-refractivity contribution in [2.24, 2.45) is 0 Å². The Bertz CT molecular complexity index is 269. The molecule has 0 aliphatic carbocycles. The Hall–Kier alpha value is -1.05. The van der Waals surface area contributed by atoms with Crippen LogP contribution in [0, 0.1) is 12.7 Å². The number of rotatable bonds is 2. The molecule has 0 saturated heterocycles. The van der Waals surface area contributed by atoms with Crippen molar-refractivity contribution in [1.29, 1.82) is 0 Å². The van der Waals surface area contributed by atoms with Crippen molar-refractivity contribution in [2.45, 2.75) is 26.9 Å². The zero-order valence-corrected chi connectivity index (χ0v) is 7.60. The van der Waals surface area contributed by atoms with Crippen LogP contribution in [0.1, 0.15) is 19.4 Å². The van der Waals surface area contributed by atoms with Crippen LogP contribution in [0.4, 0.5) is 4.39 Å². The second kappa shape index (κ2) is 3.57. The molecule has 0 heterocycles. The first-order valence-corrected chi connectivity index (χ1v) is 4.02. The maximum absolute atomic E-state index is 12.6. The molecule has 0 fully saturated rings. The second-order valence-electron chi connectivity index (χ2n) is 3.08. The summed E-state index contributed by atoms with van der Waals surface area (Å²) in [6.07, 6.45) is 0.133. The fraction of sp³-hybridized carbons (Fsp3) is 0.400. The van der Waals surface area contributed by atoms with Gasteiger partial charge in [-0.05, 0) is 44.5 Å². The summed E-state index contributed by atoms with van der Waals surface area (Å²) in [7, 11) is 0. The van der Waals surface area contributed by atoms with Gasteiger partial charge in [0.1, 0.15) is 11.6 Å². The number of hydrogen-bond acceptors (Lipinski definition) is 1. The molecule has 1 nitrogen and oxygen atoms in total. The van der Waals surface area contributed by atoms with Gasteiger partial charge in [0.25, 0.3) is 0 Å². The summed E-state index contributed by atoms with van der Waals surface area (Å²) >= 11 is 0. The summed E-state index contributed by atoms with van der Waals surface area (Å²) in [5.74, 6) is 0.537. The van der Waals surface area contributed by atoms with E-state index in [2.05, 4.69) is 0 Å². The summed E-state index contributed by atoms with van der Waals surface area (Å²) in [5.41, 5.74) is 0.837. The molecular formula is C10H13FO. The van der Waals surface area contributed by atoms with Gasteiger partial charge in [0, 0.05) is 0 Å². The molecule has 12 heavy (non-hydrogen) atoms. The molecule has 0 aliphatic heterocycles. The first-order chi connectivity index (χ1) is 5.59. The van der Waals surface area contributed by atoms with Crippen molar-refractivity contribution >= 4 is 0 Å². The van der Waals surface area contributed by atoms with Gasteiger partial charge in [-0.1, -0.05) is 0 Å². The molecule has 0 radical (unpaired) electrons. The Morgan fingerprint density at radius 1 is 1.33 bits per heavy atom. The molecule has 0 aliphatic rings. The molecular weight excluding hydrogens is 155 g/mol. The van der Waals surface area contributed by atoms with Crippen LogP contribution in [0.15, 0.2) is 18.2 Å². The molecule has 0 amide bonds. The Labute approximate surface area is 72.2 Å². The average molecular weight is 168 g/mol. The van der Waals surface area contributed by atoms with Crippen LogP contribution in [0.25, 0.3) is 0 Å². The van der Waals surface area contributed by atoms with E-state index in [0.29, 0.717) is 0 Å². The van der Waals surface area contributed by atoms with Crippen molar-refractivity contribution in [3.63, 3.8) is 0 Å². The van der Waals surface area contributed by atoms with E-state index < -0.39 is 0 Å². The Morgan fingerprint density at radius 3 is 2.50 bits per heavy atom. The van der Waals surface area contributed by atoms with Gasteiger partial charge >= 0.3 is 0 Å². The summed E-state index contributed by atoms with van der Waals surface area (Å²) < 4.78 is 18.1. The molecule has 66 valence electrons. The minimum Gasteiger partial charge on any atom is -0.491 e. The highest BCUT2D eigenvalue weighted by molar-refractivity contribution is 5.32. The zero-order chi connectivity index (χ0) is 9.14. The quantitative estimate of drug-likeness (QED) is 0.659. The van der Waals surface area contributed by atoms with Gasteiger partial charge in [-0.3, -0.25) is 0 Å². The summed E-state index contributed by atoms with van der Waals surface area (Å²) in [6, 6.07) is 4.53. The maximum atomic E-state index is 12.6. The van der Waals surface area contributed by atoms with Crippen LogP contribution in [-0.4, -0.2) is 6.10 Å². The minimum atomic E-state index is -0.219. The first-order valence-electron chi connectivity index (χ1n) is 4.02. The smallest absolute Gasteiger partial charge is 0.123 e. The number of hydrogen-bond donors (Lipinski definition) is 0. The molecule has 1 aromatic rings. The molecule has 0 saturated carbocycles. The van der Waals surface area contributed by atoms with Crippen LogP contribution < -0.4 is 4.74 Å². The van der Waals surface area contributed by atoms with Crippen LogP contribution in [-0.2, 0) is 0 Å². The van der Waals surface area contributed by atoms with Gasteiger partial charge < -0.3 is 4.74 Å². The highest BCUT2D eigenvalue weighted by Crippen LogP contribution is 2.19. The van der Waals surface area contributed by atoms with E-state index >= 15 is 0 Å². The summed E-state index contributed by atoms with van der Waals surface area (Å²) in [5, 5.41) is 0. The van der Waals surface area contributed by atoms with E-state index in [9.17, 15) is 4.39 Å². The average Bonchev–Trinajstić information content (AvgIpc) is 1.94. The highest BCUT2D eigenvalue weighted by atomic mass is 19.1. The normalized spacial score (nSPS) is 10.4. The Morgan fingerprint density at radius 2 is 2.00 bits per heavy atom. The SMILES string of the molecule is Cc1cc(F)ccc1OC(C)C. The summed E-state index contributed by atoms with van der Waals surface area (Å²) in [4.78, 5) is 0. The third-order valence-corrected chi connectivity index (χ3v) is 1.50. The molecule has 0 unspecified atom stereocenters. The fourth-order valence-electron chi connectivity index (χ4n) is 0.999. The van der Waals surface area contributed by atoms with E-state index in [1.165, 1.54) is 12.1 Å². The van der Waals surface area contributed by atoms with Crippen molar-refractivity contribution in [3.8, 4) is 5.75 Å². The molecule has 0 aromatic heterocycles. The Balaban J connectivity index is 2.86. The van der Waals surface area contributed by atoms with Crippen LogP contribution in [0.3, 0.4) is 0 Å². The predicted octanol–water partition coefficient (Wildman–Crippen LogP) is 2.92. The number of aryl methyl sites for hydroxylation is 1. The predicted molar refractivity (Wildman–Crippen MR) is 46.9 cm³/mol. The third-order valence-electron chi connectivity index (χ3n) is 1.50. The highest BCUT2D eigenvalue weighted by Gasteiger charge is 2.02. The minimum absolute atomic E-state index is 0.133. The second-order valence-corrected chi connectivity index (χ2v) is 3.08. The van der Waals surface area contributed by atoms with Crippen molar-refractivity contribution < 1.29 is 9.13 Å². The Kier molecular flexibility index (Phi) is 2.69. The number of halogens is 1. The molecule has 0 bridgehead atoms. The van der Waals surface area contributed by atoms with E-state index in [1.807, 2.05) is 20.8 Å². The number of benzene rings is 1. The van der Waals surface area contributed by atoms with Crippen LogP contribution >= 0.6 is 0 Å². The van der Waals surface area contributed by atoms with E-state index in [-0.39, 0.29) is 11.9 Å². The number of ether oxygens (including phenoxy) is 1. The lowest BCUT2D eigenvalue weighted by atomic mass is 10.2. The van der Waals surface area contributed by atoms with Gasteiger partial charge in [-0.15, -0.1) is 0 Å². The van der Waals surface area contributed by atoms with Gasteiger partial charge in [0.05, 0.1) is 6.10 Å².